The molecule has 3 N–H and O–H groups in total. The first-order valence-electron chi connectivity index (χ1n) is 36.2. The molecule has 482 valence electrons. The van der Waals surface area contributed by atoms with Crippen LogP contribution in [0.25, 0.3) is 0 Å². The van der Waals surface area contributed by atoms with Crippen molar-refractivity contribution in [1.29, 1.82) is 0 Å². The van der Waals surface area contributed by atoms with Crippen molar-refractivity contribution in [2.75, 3.05) is 40.9 Å². The Morgan fingerprint density at radius 3 is 0.951 bits per heavy atom. The molecule has 0 bridgehead atoms. The molecule has 3 atom stereocenters. The average Bonchev–Trinajstić information content (AvgIpc) is 3.43. The summed E-state index contributed by atoms with van der Waals surface area (Å²) in [6, 6.07) is -0.846. The van der Waals surface area contributed by atoms with Crippen LogP contribution in [-0.4, -0.2) is 73.4 Å². The average molecular weight is 1160 g/mol. The second-order valence-electron chi connectivity index (χ2n) is 26.3. The van der Waals surface area contributed by atoms with Crippen LogP contribution in [0.4, 0.5) is 0 Å². The lowest BCUT2D eigenvalue weighted by Crippen LogP contribution is -2.45. The Balaban J connectivity index is 4.02. The molecule has 0 saturated carbocycles. The maximum atomic E-state index is 13.1. The van der Waals surface area contributed by atoms with E-state index >= 15 is 0 Å². The summed E-state index contributed by atoms with van der Waals surface area (Å²) in [7, 11) is 1.59. The normalized spacial score (nSPS) is 13.7. The van der Waals surface area contributed by atoms with E-state index in [4.69, 9.17) is 9.05 Å². The number of aliphatic hydroxyl groups excluding tert-OH is 1. The number of quaternary nitrogens is 1. The number of hydrogen-bond acceptors (Lipinski definition) is 5. The van der Waals surface area contributed by atoms with Crippen LogP contribution < -0.4 is 5.32 Å². The van der Waals surface area contributed by atoms with Crippen molar-refractivity contribution in [3.8, 4) is 0 Å². The highest BCUT2D eigenvalue weighted by atomic mass is 31.2. The third-order valence-electron chi connectivity index (χ3n) is 16.9. The van der Waals surface area contributed by atoms with Crippen molar-refractivity contribution >= 4 is 13.7 Å². The quantitative estimate of drug-likeness (QED) is 0.0243. The van der Waals surface area contributed by atoms with E-state index in [9.17, 15) is 19.4 Å². The number of rotatable bonds is 68. The lowest BCUT2D eigenvalue weighted by Gasteiger charge is -2.25. The minimum Gasteiger partial charge on any atom is -0.387 e. The largest absolute Gasteiger partial charge is 0.472 e. The number of phosphoric ester groups is 1. The van der Waals surface area contributed by atoms with E-state index < -0.39 is 20.0 Å². The van der Waals surface area contributed by atoms with Crippen molar-refractivity contribution in [3.05, 3.63) is 24.3 Å². The fraction of sp³-hybridized carbons (Fsp3) is 0.931. The van der Waals surface area contributed by atoms with Crippen LogP contribution >= 0.6 is 7.82 Å². The van der Waals surface area contributed by atoms with Gasteiger partial charge in [-0.15, -0.1) is 0 Å². The number of unbranched alkanes of at least 4 members (excludes halogenated alkanes) is 53. The Morgan fingerprint density at radius 1 is 0.407 bits per heavy atom. The number of allylic oxidation sites excluding steroid dienone is 3. The number of carbonyl (C=O) groups is 1. The molecule has 0 aromatic carbocycles. The summed E-state index contributed by atoms with van der Waals surface area (Å²) in [5.74, 6) is -0.168. The molecular weight excluding hydrogens is 1020 g/mol. The van der Waals surface area contributed by atoms with Crippen molar-refractivity contribution in [1.82, 2.24) is 5.32 Å². The predicted molar refractivity (Wildman–Crippen MR) is 355 cm³/mol. The van der Waals surface area contributed by atoms with Gasteiger partial charge < -0.3 is 19.8 Å². The first-order chi connectivity index (χ1) is 39.5. The number of phosphoric acid groups is 1. The van der Waals surface area contributed by atoms with Crippen molar-refractivity contribution < 1.29 is 32.9 Å². The predicted octanol–water partition coefficient (Wildman–Crippen LogP) is 23.1. The fourth-order valence-electron chi connectivity index (χ4n) is 11.3. The van der Waals surface area contributed by atoms with E-state index in [2.05, 4.69) is 31.3 Å². The zero-order valence-electron chi connectivity index (χ0n) is 55.3. The van der Waals surface area contributed by atoms with Crippen molar-refractivity contribution in [2.45, 2.75) is 392 Å². The van der Waals surface area contributed by atoms with Gasteiger partial charge in [-0.25, -0.2) is 4.57 Å². The van der Waals surface area contributed by atoms with Crippen LogP contribution in [0, 0.1) is 0 Å². The molecule has 0 spiro atoms. The Bertz CT molecular complexity index is 1370. The summed E-state index contributed by atoms with van der Waals surface area (Å²) in [6.07, 6.45) is 83.4. The first kappa shape index (κ1) is 80.0. The molecule has 0 radical (unpaired) electrons. The lowest BCUT2D eigenvalue weighted by molar-refractivity contribution is -0.870. The van der Waals surface area contributed by atoms with Crippen LogP contribution in [0.2, 0.25) is 0 Å². The van der Waals surface area contributed by atoms with Crippen LogP contribution in [-0.2, 0) is 18.4 Å². The van der Waals surface area contributed by atoms with Crippen LogP contribution in [0.3, 0.4) is 0 Å². The zero-order chi connectivity index (χ0) is 59.1. The Morgan fingerprint density at radius 2 is 0.667 bits per heavy atom. The second kappa shape index (κ2) is 63.5. The van der Waals surface area contributed by atoms with E-state index in [1.807, 2.05) is 27.2 Å². The Kier molecular flexibility index (Phi) is 62.7. The number of nitrogens with one attached hydrogen (secondary N) is 1. The smallest absolute Gasteiger partial charge is 0.387 e. The molecule has 0 aromatic heterocycles. The summed E-state index contributed by atoms with van der Waals surface area (Å²) in [5.41, 5.74) is 0. The summed E-state index contributed by atoms with van der Waals surface area (Å²) in [4.78, 5) is 23.4. The number of carbonyl (C=O) groups excluding carboxylic acids is 1. The van der Waals surface area contributed by atoms with Gasteiger partial charge in [-0.1, -0.05) is 353 Å². The molecule has 0 aliphatic carbocycles. The highest BCUT2D eigenvalue weighted by Crippen LogP contribution is 2.43. The third kappa shape index (κ3) is 66.4. The first-order valence-corrected chi connectivity index (χ1v) is 37.7. The second-order valence-corrected chi connectivity index (χ2v) is 27.8. The van der Waals surface area contributed by atoms with E-state index in [1.54, 1.807) is 6.08 Å². The summed E-state index contributed by atoms with van der Waals surface area (Å²) < 4.78 is 23.8. The van der Waals surface area contributed by atoms with Crippen molar-refractivity contribution in [3.63, 3.8) is 0 Å². The van der Waals surface area contributed by atoms with Gasteiger partial charge in [0.25, 0.3) is 0 Å². The molecule has 0 saturated heterocycles. The molecule has 8 nitrogen and oxygen atoms in total. The van der Waals surface area contributed by atoms with Gasteiger partial charge in [-0.2, -0.15) is 0 Å². The standard InChI is InChI=1S/C72H143N2O6P/c1-6-8-10-12-14-16-18-20-22-24-26-28-30-32-34-36-38-39-41-43-45-47-49-51-53-55-57-59-61-63-65-71(75)70(69-80-81(77,78)79-68-67-74(3,4)5)73-72(76)66-64-62-60-58-56-54-52-50-48-46-44-42-40-37-35-33-31-29-27-25-23-21-19-17-15-13-11-9-7-2/h25,27,63,65,70-71,75H,6-24,26,28-62,64,66-69H2,1-5H3,(H-,73,76,77,78)/p+1/b27-25-,65-63+. The molecule has 0 rings (SSSR count). The lowest BCUT2D eigenvalue weighted by atomic mass is 10.0. The van der Waals surface area contributed by atoms with E-state index in [-0.39, 0.29) is 19.1 Å². The van der Waals surface area contributed by atoms with E-state index in [0.29, 0.717) is 17.4 Å². The van der Waals surface area contributed by atoms with E-state index in [0.717, 1.165) is 32.1 Å². The fourth-order valence-corrected chi connectivity index (χ4v) is 12.0. The molecule has 0 aliphatic heterocycles. The molecule has 0 heterocycles. The molecule has 0 aromatic rings. The van der Waals surface area contributed by atoms with Gasteiger partial charge >= 0.3 is 7.82 Å². The van der Waals surface area contributed by atoms with Gasteiger partial charge in [0.05, 0.1) is 39.9 Å². The minimum atomic E-state index is -4.35. The van der Waals surface area contributed by atoms with Gasteiger partial charge in [0, 0.05) is 6.42 Å². The monoisotopic (exact) mass is 1160 g/mol. The molecule has 0 aliphatic rings. The number of nitrogens with zero attached hydrogens (tertiary/aromatic N) is 1. The minimum absolute atomic E-state index is 0.0643. The van der Waals surface area contributed by atoms with Gasteiger partial charge in [-0.05, 0) is 44.9 Å². The van der Waals surface area contributed by atoms with E-state index in [1.165, 1.54) is 327 Å². The molecule has 0 fully saturated rings. The maximum absolute atomic E-state index is 13.1. The summed E-state index contributed by atoms with van der Waals surface area (Å²) >= 11 is 0. The van der Waals surface area contributed by atoms with Crippen molar-refractivity contribution in [2.24, 2.45) is 0 Å². The van der Waals surface area contributed by atoms with Crippen LogP contribution in [0.15, 0.2) is 24.3 Å². The Hall–Kier alpha value is -1.02. The van der Waals surface area contributed by atoms with Gasteiger partial charge in [0.1, 0.15) is 13.2 Å². The number of amides is 1. The van der Waals surface area contributed by atoms with Gasteiger partial charge in [0.15, 0.2) is 0 Å². The molecule has 1 amide bonds. The summed E-state index contributed by atoms with van der Waals surface area (Å²) in [5, 5.41) is 14.0. The number of hydrogen-bond donors (Lipinski definition) is 3. The molecular formula is C72H144N2O6P+. The molecule has 3 unspecified atom stereocenters. The number of likely N-dealkylation sites (N-methyl/N-ethyl adjacent to an activating group) is 1. The maximum Gasteiger partial charge on any atom is 0.472 e. The van der Waals surface area contributed by atoms with Crippen LogP contribution in [0.5, 0.6) is 0 Å². The van der Waals surface area contributed by atoms with Gasteiger partial charge in [-0.3, -0.25) is 13.8 Å². The highest BCUT2D eigenvalue weighted by molar-refractivity contribution is 7.47. The van der Waals surface area contributed by atoms with Crippen LogP contribution in [0.1, 0.15) is 380 Å². The number of aliphatic hydroxyl groups is 1. The zero-order valence-corrected chi connectivity index (χ0v) is 56.2. The highest BCUT2D eigenvalue weighted by Gasteiger charge is 2.28. The summed E-state index contributed by atoms with van der Waals surface area (Å²) in [6.45, 7) is 4.88. The third-order valence-corrected chi connectivity index (χ3v) is 17.9. The SMILES string of the molecule is CCCCCCCCCC/C=C\CCCCCCCCCCCCCCCCCCCC(=O)NC(COP(=O)(O)OCC[N+](C)(C)C)C(O)/C=C/CCCCCCCCCCCCCCCCCCCCCCCCCCCCCC. The molecule has 81 heavy (non-hydrogen) atoms. The van der Waals surface area contributed by atoms with Gasteiger partial charge in [0.2, 0.25) is 5.91 Å². The molecule has 9 heteroatoms. The Labute approximate surface area is 506 Å². The topological polar surface area (TPSA) is 105 Å².